The molecule has 0 fully saturated rings. The van der Waals surface area contributed by atoms with Crippen LogP contribution in [0.1, 0.15) is 27.3 Å². The molecule has 0 saturated carbocycles. The fourth-order valence-corrected chi connectivity index (χ4v) is 2.22. The molecule has 1 aromatic carbocycles. The van der Waals surface area contributed by atoms with Crippen molar-refractivity contribution >= 4 is 11.6 Å². The van der Waals surface area contributed by atoms with Crippen LogP contribution in [-0.4, -0.2) is 22.4 Å². The van der Waals surface area contributed by atoms with Gasteiger partial charge in [0.2, 0.25) is 0 Å². The second kappa shape index (κ2) is 5.28. The molecule has 102 valence electrons. The topological polar surface area (TPSA) is 66.9 Å². The predicted octanol–water partition coefficient (Wildman–Crippen LogP) is 1.68. The predicted molar refractivity (Wildman–Crippen MR) is 76.6 cm³/mol. The lowest BCUT2D eigenvalue weighted by molar-refractivity contribution is 0.0950. The van der Waals surface area contributed by atoms with E-state index in [1.165, 1.54) is 5.56 Å². The van der Waals surface area contributed by atoms with Gasteiger partial charge in [-0.05, 0) is 31.0 Å². The van der Waals surface area contributed by atoms with Gasteiger partial charge in [0.05, 0.1) is 24.1 Å². The smallest absolute Gasteiger partial charge is 0.251 e. The number of aryl methyl sites for hydroxylation is 1. The van der Waals surface area contributed by atoms with Gasteiger partial charge in [-0.3, -0.25) is 14.8 Å². The lowest BCUT2D eigenvalue weighted by atomic mass is 10.1. The summed E-state index contributed by atoms with van der Waals surface area (Å²) in [7, 11) is 0. The second-order valence-electron chi connectivity index (χ2n) is 4.88. The maximum absolute atomic E-state index is 12.1. The first-order valence-corrected chi connectivity index (χ1v) is 6.65. The number of hydrogen-bond acceptors (Lipinski definition) is 4. The van der Waals surface area contributed by atoms with Gasteiger partial charge < -0.3 is 10.6 Å². The largest absolute Gasteiger partial charge is 0.384 e. The second-order valence-corrected chi connectivity index (χ2v) is 4.88. The molecule has 0 spiro atoms. The number of carbonyl (C=O) groups excluding carboxylic acids is 1. The lowest BCUT2D eigenvalue weighted by Crippen LogP contribution is -2.23. The van der Waals surface area contributed by atoms with Gasteiger partial charge in [0.15, 0.2) is 0 Å². The van der Waals surface area contributed by atoms with E-state index in [0.29, 0.717) is 12.1 Å². The molecular formula is C15H16N4O. The molecule has 0 unspecified atom stereocenters. The Morgan fingerprint density at radius 3 is 3.05 bits per heavy atom. The Balaban J connectivity index is 1.66. The van der Waals surface area contributed by atoms with Crippen molar-refractivity contribution in [3.8, 4) is 0 Å². The van der Waals surface area contributed by atoms with Gasteiger partial charge in [-0.15, -0.1) is 0 Å². The van der Waals surface area contributed by atoms with Crippen LogP contribution in [0, 0.1) is 6.92 Å². The van der Waals surface area contributed by atoms with Gasteiger partial charge in [0, 0.05) is 24.0 Å². The van der Waals surface area contributed by atoms with Crippen LogP contribution in [0.5, 0.6) is 0 Å². The molecule has 2 aromatic rings. The average molecular weight is 268 g/mol. The van der Waals surface area contributed by atoms with Crippen molar-refractivity contribution in [1.29, 1.82) is 0 Å². The van der Waals surface area contributed by atoms with Crippen molar-refractivity contribution in [2.45, 2.75) is 19.9 Å². The van der Waals surface area contributed by atoms with Crippen molar-refractivity contribution in [3.63, 3.8) is 0 Å². The maximum Gasteiger partial charge on any atom is 0.251 e. The van der Waals surface area contributed by atoms with E-state index >= 15 is 0 Å². The quantitative estimate of drug-likeness (QED) is 0.889. The number of amides is 1. The van der Waals surface area contributed by atoms with Crippen LogP contribution in [0.4, 0.5) is 5.69 Å². The fourth-order valence-electron chi connectivity index (χ4n) is 2.22. The Hall–Kier alpha value is -2.43. The highest BCUT2D eigenvalue weighted by Gasteiger charge is 2.13. The summed E-state index contributed by atoms with van der Waals surface area (Å²) in [6.07, 6.45) is 4.40. The Labute approximate surface area is 117 Å². The molecule has 3 rings (SSSR count). The summed E-state index contributed by atoms with van der Waals surface area (Å²) < 4.78 is 0. The van der Waals surface area contributed by atoms with Crippen LogP contribution in [0.25, 0.3) is 0 Å². The minimum atomic E-state index is -0.0936. The minimum absolute atomic E-state index is 0.0936. The number of nitrogens with one attached hydrogen (secondary N) is 2. The number of nitrogens with zero attached hydrogens (tertiary/aromatic N) is 2. The molecule has 0 saturated heterocycles. The van der Waals surface area contributed by atoms with Gasteiger partial charge in [-0.25, -0.2) is 0 Å². The van der Waals surface area contributed by atoms with Crippen molar-refractivity contribution in [2.24, 2.45) is 0 Å². The van der Waals surface area contributed by atoms with Gasteiger partial charge in [0.1, 0.15) is 0 Å². The summed E-state index contributed by atoms with van der Waals surface area (Å²) in [5, 5.41) is 6.13. The van der Waals surface area contributed by atoms with E-state index < -0.39 is 0 Å². The first kappa shape index (κ1) is 12.6. The van der Waals surface area contributed by atoms with Crippen LogP contribution in [0.15, 0.2) is 30.6 Å². The summed E-state index contributed by atoms with van der Waals surface area (Å²) in [4.78, 5) is 20.5. The Morgan fingerprint density at radius 1 is 1.35 bits per heavy atom. The molecule has 5 heteroatoms. The van der Waals surface area contributed by atoms with Crippen LogP contribution < -0.4 is 10.6 Å². The monoisotopic (exact) mass is 268 g/mol. The molecule has 2 heterocycles. The third-order valence-corrected chi connectivity index (χ3v) is 3.35. The van der Waals surface area contributed by atoms with Crippen molar-refractivity contribution < 1.29 is 4.79 Å². The molecule has 2 N–H and O–H groups in total. The number of fused-ring (bicyclic) bond motifs is 1. The molecule has 0 bridgehead atoms. The molecule has 1 aliphatic rings. The van der Waals surface area contributed by atoms with Crippen LogP contribution >= 0.6 is 0 Å². The number of benzene rings is 1. The van der Waals surface area contributed by atoms with E-state index in [1.807, 2.05) is 25.1 Å². The van der Waals surface area contributed by atoms with Crippen LogP contribution in [0.2, 0.25) is 0 Å². The highest BCUT2D eigenvalue weighted by molar-refractivity contribution is 5.95. The molecule has 0 atom stereocenters. The van der Waals surface area contributed by atoms with Gasteiger partial charge >= 0.3 is 0 Å². The molecule has 1 amide bonds. The average Bonchev–Trinajstić information content (AvgIpc) is 2.93. The summed E-state index contributed by atoms with van der Waals surface area (Å²) in [5.74, 6) is -0.0936. The van der Waals surface area contributed by atoms with Gasteiger partial charge in [-0.2, -0.15) is 0 Å². The highest BCUT2D eigenvalue weighted by atomic mass is 16.1. The Morgan fingerprint density at radius 2 is 2.25 bits per heavy atom. The molecule has 1 aliphatic heterocycles. The van der Waals surface area contributed by atoms with E-state index in [-0.39, 0.29) is 5.91 Å². The maximum atomic E-state index is 12.1. The van der Waals surface area contributed by atoms with Crippen molar-refractivity contribution in [2.75, 3.05) is 11.9 Å². The third-order valence-electron chi connectivity index (χ3n) is 3.35. The molecular weight excluding hydrogens is 252 g/mol. The van der Waals surface area contributed by atoms with Crippen LogP contribution in [-0.2, 0) is 13.0 Å². The minimum Gasteiger partial charge on any atom is -0.384 e. The number of hydrogen-bond donors (Lipinski definition) is 2. The van der Waals surface area contributed by atoms with Crippen LogP contribution in [0.3, 0.4) is 0 Å². The zero-order chi connectivity index (χ0) is 13.9. The summed E-state index contributed by atoms with van der Waals surface area (Å²) in [6, 6.07) is 5.77. The van der Waals surface area contributed by atoms with E-state index in [4.69, 9.17) is 0 Å². The number of anilines is 1. The summed E-state index contributed by atoms with van der Waals surface area (Å²) >= 11 is 0. The zero-order valence-corrected chi connectivity index (χ0v) is 11.3. The Kier molecular flexibility index (Phi) is 3.33. The van der Waals surface area contributed by atoms with Crippen molar-refractivity contribution in [3.05, 3.63) is 53.1 Å². The van der Waals surface area contributed by atoms with Gasteiger partial charge in [0.25, 0.3) is 5.91 Å². The van der Waals surface area contributed by atoms with E-state index in [1.54, 1.807) is 12.4 Å². The fraction of sp³-hybridized carbons (Fsp3) is 0.267. The molecule has 1 aromatic heterocycles. The Bertz CT molecular complexity index is 637. The molecule has 20 heavy (non-hydrogen) atoms. The SMILES string of the molecule is Cc1cnc(CNC(=O)c2ccc3c(c2)NCC3)cn1. The highest BCUT2D eigenvalue weighted by Crippen LogP contribution is 2.23. The first-order valence-electron chi connectivity index (χ1n) is 6.65. The summed E-state index contributed by atoms with van der Waals surface area (Å²) in [6.45, 7) is 3.21. The van der Waals surface area contributed by atoms with E-state index in [9.17, 15) is 4.79 Å². The number of carbonyl (C=O) groups is 1. The molecule has 0 radical (unpaired) electrons. The number of rotatable bonds is 3. The number of aromatic nitrogens is 2. The first-order chi connectivity index (χ1) is 9.72. The third kappa shape index (κ3) is 2.61. The zero-order valence-electron chi connectivity index (χ0n) is 11.3. The summed E-state index contributed by atoms with van der Waals surface area (Å²) in [5.41, 5.74) is 4.62. The van der Waals surface area contributed by atoms with E-state index in [0.717, 1.165) is 30.0 Å². The molecule has 0 aliphatic carbocycles. The van der Waals surface area contributed by atoms with Crippen molar-refractivity contribution in [1.82, 2.24) is 15.3 Å². The van der Waals surface area contributed by atoms with Gasteiger partial charge in [-0.1, -0.05) is 6.07 Å². The standard InChI is InChI=1S/C15H16N4O/c1-10-7-18-13(8-17-10)9-19-15(20)12-3-2-11-4-5-16-14(11)6-12/h2-3,6-8,16H,4-5,9H2,1H3,(H,19,20). The van der Waals surface area contributed by atoms with E-state index in [2.05, 4.69) is 20.6 Å². The normalized spacial score (nSPS) is 12.7. The lowest BCUT2D eigenvalue weighted by Gasteiger charge is -2.07. The molecule has 5 nitrogen and oxygen atoms in total.